The molecule has 1 aromatic heterocycles. The van der Waals surface area contributed by atoms with E-state index in [9.17, 15) is 9.59 Å². The number of carbonyl (C=O) groups excluding carboxylic acids is 2. The summed E-state index contributed by atoms with van der Waals surface area (Å²) in [6.07, 6.45) is 0. The summed E-state index contributed by atoms with van der Waals surface area (Å²) in [7, 11) is 1.63. The topological polar surface area (TPSA) is 73.5 Å². The number of rotatable bonds is 6. The van der Waals surface area contributed by atoms with Gasteiger partial charge in [0.1, 0.15) is 0 Å². The zero-order chi connectivity index (χ0) is 21.6. The number of amides is 2. The van der Waals surface area contributed by atoms with Gasteiger partial charge in [-0.3, -0.25) is 9.59 Å². The van der Waals surface area contributed by atoms with Gasteiger partial charge in [-0.25, -0.2) is 0 Å². The van der Waals surface area contributed by atoms with E-state index in [-0.39, 0.29) is 11.8 Å². The Hall–Kier alpha value is -3.16. The zero-order valence-corrected chi connectivity index (χ0v) is 18.3. The lowest BCUT2D eigenvalue weighted by atomic mass is 10.1. The Labute approximate surface area is 186 Å². The van der Waals surface area contributed by atoms with Crippen LogP contribution in [-0.4, -0.2) is 45.0 Å². The minimum atomic E-state index is -0.0796. The molecule has 160 valence electrons. The van der Waals surface area contributed by atoms with Gasteiger partial charge in [-0.2, -0.15) is 0 Å². The van der Waals surface area contributed by atoms with Gasteiger partial charge >= 0.3 is 0 Å². The molecule has 1 aliphatic heterocycles. The Balaban J connectivity index is 1.33. The number of thiophene rings is 1. The second kappa shape index (κ2) is 9.76. The molecule has 2 aromatic carbocycles. The van der Waals surface area contributed by atoms with Gasteiger partial charge in [-0.1, -0.05) is 24.3 Å². The third-order valence-corrected chi connectivity index (χ3v) is 6.33. The minimum absolute atomic E-state index is 0.0726. The second-order valence-electron chi connectivity index (χ2n) is 7.44. The summed E-state index contributed by atoms with van der Waals surface area (Å²) in [6.45, 7) is 4.41. The summed E-state index contributed by atoms with van der Waals surface area (Å²) in [5.74, 6) is -0.152. The van der Waals surface area contributed by atoms with Crippen LogP contribution in [0.3, 0.4) is 0 Å². The van der Waals surface area contributed by atoms with E-state index in [0.29, 0.717) is 17.0 Å². The smallest absolute Gasteiger partial charge is 0.261 e. The Morgan fingerprint density at radius 1 is 0.968 bits per heavy atom. The predicted molar refractivity (Wildman–Crippen MR) is 126 cm³/mol. The molecule has 3 N–H and O–H groups in total. The first-order valence-electron chi connectivity index (χ1n) is 10.4. The van der Waals surface area contributed by atoms with E-state index in [1.54, 1.807) is 7.05 Å². The van der Waals surface area contributed by atoms with E-state index >= 15 is 0 Å². The molecule has 2 amide bonds. The highest BCUT2D eigenvalue weighted by atomic mass is 32.1. The molecule has 0 saturated carbocycles. The molecule has 2 heterocycles. The van der Waals surface area contributed by atoms with Crippen molar-refractivity contribution in [1.29, 1.82) is 0 Å². The fourth-order valence-corrected chi connectivity index (χ4v) is 4.44. The molecule has 0 radical (unpaired) electrons. The SMILES string of the molecule is CNC(=O)c1cc(-c2ccc(CNC(=O)c3ccc(N4CCNCC4)cc3)cc2)cs1. The number of benzene rings is 2. The molecular formula is C24H26N4O2S. The lowest BCUT2D eigenvalue weighted by Crippen LogP contribution is -2.43. The van der Waals surface area contributed by atoms with Crippen molar-refractivity contribution in [3.05, 3.63) is 76.0 Å². The van der Waals surface area contributed by atoms with E-state index in [4.69, 9.17) is 0 Å². The molecule has 1 saturated heterocycles. The fraction of sp³-hybridized carbons (Fsp3) is 0.250. The van der Waals surface area contributed by atoms with Crippen LogP contribution >= 0.6 is 11.3 Å². The van der Waals surface area contributed by atoms with Crippen LogP contribution in [0.15, 0.2) is 60.0 Å². The molecule has 0 unspecified atom stereocenters. The molecule has 0 atom stereocenters. The number of piperazine rings is 1. The van der Waals surface area contributed by atoms with Crippen LogP contribution in [0.4, 0.5) is 5.69 Å². The number of carbonyl (C=O) groups is 2. The van der Waals surface area contributed by atoms with Gasteiger partial charge in [-0.05, 0) is 52.4 Å². The van der Waals surface area contributed by atoms with E-state index in [2.05, 4.69) is 20.9 Å². The van der Waals surface area contributed by atoms with Crippen molar-refractivity contribution in [2.24, 2.45) is 0 Å². The van der Waals surface area contributed by atoms with Crippen molar-refractivity contribution in [2.75, 3.05) is 38.1 Å². The van der Waals surface area contributed by atoms with Crippen molar-refractivity contribution in [3.8, 4) is 11.1 Å². The van der Waals surface area contributed by atoms with Crippen LogP contribution in [-0.2, 0) is 6.54 Å². The predicted octanol–water partition coefficient (Wildman–Crippen LogP) is 3.11. The highest BCUT2D eigenvalue weighted by Gasteiger charge is 2.12. The quantitative estimate of drug-likeness (QED) is 0.557. The molecule has 31 heavy (non-hydrogen) atoms. The molecule has 1 aliphatic rings. The average Bonchev–Trinajstić information content (AvgIpc) is 3.33. The molecule has 4 rings (SSSR count). The van der Waals surface area contributed by atoms with Crippen molar-refractivity contribution < 1.29 is 9.59 Å². The highest BCUT2D eigenvalue weighted by molar-refractivity contribution is 7.12. The summed E-state index contributed by atoms with van der Waals surface area (Å²) >= 11 is 1.43. The zero-order valence-electron chi connectivity index (χ0n) is 17.5. The summed E-state index contributed by atoms with van der Waals surface area (Å²) in [5, 5.41) is 11.0. The molecule has 0 bridgehead atoms. The maximum atomic E-state index is 12.5. The Bertz CT molecular complexity index is 1040. The fourth-order valence-electron chi connectivity index (χ4n) is 3.58. The Morgan fingerprint density at radius 3 is 2.35 bits per heavy atom. The van der Waals surface area contributed by atoms with E-state index < -0.39 is 0 Å². The van der Waals surface area contributed by atoms with Gasteiger partial charge in [0.2, 0.25) is 0 Å². The molecule has 0 aliphatic carbocycles. The first kappa shape index (κ1) is 21.1. The summed E-state index contributed by atoms with van der Waals surface area (Å²) in [5.41, 5.74) is 4.90. The Kier molecular flexibility index (Phi) is 6.64. The van der Waals surface area contributed by atoms with Gasteiger partial charge in [-0.15, -0.1) is 11.3 Å². The average molecular weight is 435 g/mol. The molecular weight excluding hydrogens is 408 g/mol. The van der Waals surface area contributed by atoms with Gasteiger partial charge in [0, 0.05) is 51.0 Å². The van der Waals surface area contributed by atoms with Crippen LogP contribution in [0, 0.1) is 0 Å². The summed E-state index contributed by atoms with van der Waals surface area (Å²) in [6, 6.07) is 17.7. The second-order valence-corrected chi connectivity index (χ2v) is 8.35. The number of hydrogen-bond acceptors (Lipinski definition) is 5. The van der Waals surface area contributed by atoms with E-state index in [0.717, 1.165) is 48.6 Å². The third kappa shape index (κ3) is 5.13. The lowest BCUT2D eigenvalue weighted by Gasteiger charge is -2.29. The summed E-state index contributed by atoms with van der Waals surface area (Å²) < 4.78 is 0. The van der Waals surface area contributed by atoms with Crippen molar-refractivity contribution in [1.82, 2.24) is 16.0 Å². The number of anilines is 1. The first-order chi connectivity index (χ1) is 15.1. The van der Waals surface area contributed by atoms with Gasteiger partial charge in [0.05, 0.1) is 4.88 Å². The standard InChI is InChI=1S/C24H26N4O2S/c1-25-24(30)22-14-20(16-31-22)18-4-2-17(3-5-18)15-27-23(29)19-6-8-21(9-7-19)28-12-10-26-11-13-28/h2-9,14,16,26H,10-13,15H2,1H3,(H,25,30)(H,27,29). The summed E-state index contributed by atoms with van der Waals surface area (Å²) in [4.78, 5) is 27.3. The van der Waals surface area contributed by atoms with Crippen LogP contribution < -0.4 is 20.9 Å². The monoisotopic (exact) mass is 434 g/mol. The van der Waals surface area contributed by atoms with E-state index in [1.807, 2.05) is 60.0 Å². The lowest BCUT2D eigenvalue weighted by molar-refractivity contribution is 0.0947. The van der Waals surface area contributed by atoms with Crippen molar-refractivity contribution >= 4 is 28.8 Å². The molecule has 6 nitrogen and oxygen atoms in total. The number of hydrogen-bond donors (Lipinski definition) is 3. The van der Waals surface area contributed by atoms with Crippen molar-refractivity contribution in [2.45, 2.75) is 6.54 Å². The molecule has 1 fully saturated rings. The maximum absolute atomic E-state index is 12.5. The normalized spacial score (nSPS) is 13.6. The number of nitrogens with one attached hydrogen (secondary N) is 3. The van der Waals surface area contributed by atoms with Gasteiger partial charge in [0.15, 0.2) is 0 Å². The third-order valence-electron chi connectivity index (χ3n) is 5.40. The van der Waals surface area contributed by atoms with Crippen LogP contribution in [0.25, 0.3) is 11.1 Å². The van der Waals surface area contributed by atoms with Crippen molar-refractivity contribution in [3.63, 3.8) is 0 Å². The molecule has 7 heteroatoms. The van der Waals surface area contributed by atoms with Gasteiger partial charge in [0.25, 0.3) is 11.8 Å². The Morgan fingerprint density at radius 2 is 1.68 bits per heavy atom. The highest BCUT2D eigenvalue weighted by Crippen LogP contribution is 2.26. The van der Waals surface area contributed by atoms with Crippen LogP contribution in [0.1, 0.15) is 25.6 Å². The molecule has 0 spiro atoms. The van der Waals surface area contributed by atoms with Gasteiger partial charge < -0.3 is 20.9 Å². The molecule has 3 aromatic rings. The first-order valence-corrected chi connectivity index (χ1v) is 11.3. The number of nitrogens with zero attached hydrogens (tertiary/aromatic N) is 1. The van der Waals surface area contributed by atoms with Crippen LogP contribution in [0.5, 0.6) is 0 Å². The van der Waals surface area contributed by atoms with E-state index in [1.165, 1.54) is 11.3 Å². The minimum Gasteiger partial charge on any atom is -0.369 e. The maximum Gasteiger partial charge on any atom is 0.261 e. The largest absolute Gasteiger partial charge is 0.369 e. The van der Waals surface area contributed by atoms with Crippen LogP contribution in [0.2, 0.25) is 0 Å².